The lowest BCUT2D eigenvalue weighted by Crippen LogP contribution is -2.22. The van der Waals surface area contributed by atoms with Gasteiger partial charge in [0.05, 0.1) is 11.3 Å². The molecule has 1 aromatic rings. The quantitative estimate of drug-likeness (QED) is 0.800. The minimum atomic E-state index is 0.453. The Labute approximate surface area is 111 Å². The third-order valence-electron chi connectivity index (χ3n) is 3.62. The molecule has 2 atom stereocenters. The Morgan fingerprint density at radius 1 is 1.28 bits per heavy atom. The molecule has 0 aliphatic carbocycles. The predicted molar refractivity (Wildman–Crippen MR) is 77.7 cm³/mol. The first-order valence-corrected chi connectivity index (χ1v) is 6.88. The van der Waals surface area contributed by atoms with Crippen molar-refractivity contribution in [3.8, 4) is 6.07 Å². The lowest BCUT2D eigenvalue weighted by Gasteiger charge is -2.22. The number of nitrogens with zero attached hydrogens (tertiary/aromatic N) is 1. The predicted octanol–water partition coefficient (Wildman–Crippen LogP) is 4.49. The largest absolute Gasteiger partial charge is 0.381 e. The van der Waals surface area contributed by atoms with E-state index in [0.717, 1.165) is 35.6 Å². The summed E-state index contributed by atoms with van der Waals surface area (Å²) in [6.07, 6.45) is 3.45. The van der Waals surface area contributed by atoms with Gasteiger partial charge in [0.2, 0.25) is 0 Å². The highest BCUT2D eigenvalue weighted by Crippen LogP contribution is 2.22. The second-order valence-corrected chi connectivity index (χ2v) is 5.11. The average molecular weight is 244 g/mol. The molecular formula is C16H24N2. The molecule has 1 aromatic carbocycles. The topological polar surface area (TPSA) is 35.8 Å². The summed E-state index contributed by atoms with van der Waals surface area (Å²) in [7, 11) is 0. The van der Waals surface area contributed by atoms with E-state index in [0.29, 0.717) is 6.04 Å². The Bertz CT molecular complexity index is 418. The van der Waals surface area contributed by atoms with Crippen molar-refractivity contribution in [1.82, 2.24) is 0 Å². The third-order valence-corrected chi connectivity index (χ3v) is 3.62. The van der Waals surface area contributed by atoms with Crippen molar-refractivity contribution in [2.45, 2.75) is 53.0 Å². The first kappa shape index (κ1) is 14.6. The minimum Gasteiger partial charge on any atom is -0.381 e. The molecule has 0 saturated carbocycles. The van der Waals surface area contributed by atoms with E-state index >= 15 is 0 Å². The van der Waals surface area contributed by atoms with Crippen LogP contribution >= 0.6 is 0 Å². The van der Waals surface area contributed by atoms with E-state index in [2.05, 4.69) is 32.2 Å². The zero-order valence-electron chi connectivity index (χ0n) is 12.0. The maximum Gasteiger partial charge on any atom is 0.102 e. The molecule has 0 spiro atoms. The first-order chi connectivity index (χ1) is 8.62. The van der Waals surface area contributed by atoms with E-state index in [9.17, 15) is 5.26 Å². The lowest BCUT2D eigenvalue weighted by molar-refractivity contribution is 0.462. The second-order valence-electron chi connectivity index (χ2n) is 5.11. The maximum absolute atomic E-state index is 9.22. The van der Waals surface area contributed by atoms with Crippen LogP contribution in [-0.4, -0.2) is 6.04 Å². The molecule has 0 radical (unpaired) electrons. The van der Waals surface area contributed by atoms with Crippen LogP contribution in [0.2, 0.25) is 0 Å². The van der Waals surface area contributed by atoms with Crippen LogP contribution in [0.25, 0.3) is 0 Å². The van der Waals surface area contributed by atoms with Crippen LogP contribution < -0.4 is 5.32 Å². The molecule has 1 rings (SSSR count). The van der Waals surface area contributed by atoms with E-state index in [4.69, 9.17) is 0 Å². The van der Waals surface area contributed by atoms with Gasteiger partial charge in [-0.1, -0.05) is 39.3 Å². The molecule has 0 fully saturated rings. The normalized spacial score (nSPS) is 13.7. The average Bonchev–Trinajstić information content (AvgIpc) is 2.38. The Morgan fingerprint density at radius 2 is 2.00 bits per heavy atom. The zero-order chi connectivity index (χ0) is 13.5. The summed E-state index contributed by atoms with van der Waals surface area (Å²) >= 11 is 0. The van der Waals surface area contributed by atoms with Crippen LogP contribution in [0.3, 0.4) is 0 Å². The van der Waals surface area contributed by atoms with Gasteiger partial charge in [-0.3, -0.25) is 0 Å². The third kappa shape index (κ3) is 3.77. The van der Waals surface area contributed by atoms with Crippen molar-refractivity contribution in [1.29, 1.82) is 5.26 Å². The fourth-order valence-corrected chi connectivity index (χ4v) is 2.14. The zero-order valence-corrected chi connectivity index (χ0v) is 12.0. The highest BCUT2D eigenvalue weighted by molar-refractivity contribution is 5.61. The summed E-state index contributed by atoms with van der Waals surface area (Å²) < 4.78 is 0. The Balaban J connectivity index is 2.82. The van der Waals surface area contributed by atoms with Crippen LogP contribution in [0.1, 0.15) is 51.2 Å². The fourth-order valence-electron chi connectivity index (χ4n) is 2.14. The van der Waals surface area contributed by atoms with Crippen molar-refractivity contribution >= 4 is 5.69 Å². The van der Waals surface area contributed by atoms with Crippen molar-refractivity contribution in [2.75, 3.05) is 5.32 Å². The van der Waals surface area contributed by atoms with E-state index in [1.54, 1.807) is 0 Å². The molecule has 0 aliphatic heterocycles. The number of rotatable bonds is 6. The molecular weight excluding hydrogens is 220 g/mol. The molecule has 98 valence electrons. The van der Waals surface area contributed by atoms with E-state index in [1.165, 1.54) is 6.42 Å². The molecule has 0 saturated heterocycles. The van der Waals surface area contributed by atoms with Gasteiger partial charge in [-0.25, -0.2) is 0 Å². The molecule has 2 unspecified atom stereocenters. The molecule has 0 aliphatic rings. The Morgan fingerprint density at radius 3 is 2.56 bits per heavy atom. The van der Waals surface area contributed by atoms with Crippen LogP contribution in [0.5, 0.6) is 0 Å². The highest BCUT2D eigenvalue weighted by Gasteiger charge is 2.12. The molecule has 18 heavy (non-hydrogen) atoms. The smallest absolute Gasteiger partial charge is 0.102 e. The summed E-state index contributed by atoms with van der Waals surface area (Å²) in [4.78, 5) is 0. The Kier molecular flexibility index (Phi) is 5.71. The fraction of sp³-hybridized carbons (Fsp3) is 0.562. The monoisotopic (exact) mass is 244 g/mol. The number of hydrogen-bond donors (Lipinski definition) is 1. The van der Waals surface area contributed by atoms with E-state index in [1.807, 2.05) is 25.1 Å². The second kappa shape index (κ2) is 7.06. The van der Waals surface area contributed by atoms with Gasteiger partial charge in [0, 0.05) is 6.04 Å². The van der Waals surface area contributed by atoms with Crippen LogP contribution in [0.15, 0.2) is 18.2 Å². The molecule has 2 nitrogen and oxygen atoms in total. The molecule has 0 bridgehead atoms. The summed E-state index contributed by atoms with van der Waals surface area (Å²) in [5.74, 6) is 0.720. The van der Waals surface area contributed by atoms with Gasteiger partial charge in [0.15, 0.2) is 0 Å². The minimum absolute atomic E-state index is 0.453. The van der Waals surface area contributed by atoms with E-state index in [-0.39, 0.29) is 0 Å². The number of nitriles is 1. The molecule has 1 N–H and O–H groups in total. The molecule has 2 heteroatoms. The summed E-state index contributed by atoms with van der Waals surface area (Å²) in [6, 6.07) is 8.75. The van der Waals surface area contributed by atoms with Gasteiger partial charge in [-0.15, -0.1) is 0 Å². The Hall–Kier alpha value is -1.49. The molecule has 0 amide bonds. The van der Waals surface area contributed by atoms with Gasteiger partial charge in [-0.05, 0) is 37.3 Å². The van der Waals surface area contributed by atoms with Crippen LogP contribution in [0, 0.1) is 24.2 Å². The van der Waals surface area contributed by atoms with Gasteiger partial charge >= 0.3 is 0 Å². The van der Waals surface area contributed by atoms with E-state index < -0.39 is 0 Å². The standard InChI is InChI=1S/C16H24N2/c1-5-12(3)10-14(6-2)18-16-9-7-8-13(4)15(16)11-17/h7-9,12,14,18H,5-6,10H2,1-4H3. The van der Waals surface area contributed by atoms with Gasteiger partial charge in [0.25, 0.3) is 0 Å². The lowest BCUT2D eigenvalue weighted by atomic mass is 9.97. The number of benzene rings is 1. The summed E-state index contributed by atoms with van der Waals surface area (Å²) in [6.45, 7) is 8.69. The van der Waals surface area contributed by atoms with Crippen molar-refractivity contribution in [2.24, 2.45) is 5.92 Å². The van der Waals surface area contributed by atoms with Gasteiger partial charge in [0.1, 0.15) is 6.07 Å². The molecule has 0 aromatic heterocycles. The van der Waals surface area contributed by atoms with Crippen molar-refractivity contribution in [3.63, 3.8) is 0 Å². The number of hydrogen-bond acceptors (Lipinski definition) is 2. The highest BCUT2D eigenvalue weighted by atomic mass is 14.9. The molecule has 0 heterocycles. The van der Waals surface area contributed by atoms with Crippen molar-refractivity contribution in [3.05, 3.63) is 29.3 Å². The van der Waals surface area contributed by atoms with Crippen LogP contribution in [0.4, 0.5) is 5.69 Å². The summed E-state index contributed by atoms with van der Waals surface area (Å²) in [5, 5.41) is 12.8. The van der Waals surface area contributed by atoms with Gasteiger partial charge < -0.3 is 5.32 Å². The van der Waals surface area contributed by atoms with Crippen LogP contribution in [-0.2, 0) is 0 Å². The maximum atomic E-state index is 9.22. The SMILES string of the molecule is CCC(C)CC(CC)Nc1cccc(C)c1C#N. The number of nitrogens with one attached hydrogen (secondary N) is 1. The number of anilines is 1. The summed E-state index contributed by atoms with van der Waals surface area (Å²) in [5.41, 5.74) is 2.80. The first-order valence-electron chi connectivity index (χ1n) is 6.88. The number of aryl methyl sites for hydroxylation is 1. The van der Waals surface area contributed by atoms with Crippen molar-refractivity contribution < 1.29 is 0 Å². The van der Waals surface area contributed by atoms with Gasteiger partial charge in [-0.2, -0.15) is 5.26 Å².